The largest absolute Gasteiger partial charge is 0.325 e. The SMILES string of the molecule is Cc1cc(C(=O)CN2C(=O)NC(C)(c3ccc(Cl)cc3)C2=O)c(C)n1-c1ccccc1F. The Bertz CT molecular complexity index is 1250. The number of halogens is 2. The van der Waals surface area contributed by atoms with Gasteiger partial charge in [-0.05, 0) is 56.7 Å². The normalized spacial score (nSPS) is 18.2. The van der Waals surface area contributed by atoms with Crippen molar-refractivity contribution in [3.05, 3.63) is 88.0 Å². The number of nitrogens with zero attached hydrogens (tertiary/aromatic N) is 2. The monoisotopic (exact) mass is 453 g/mol. The minimum atomic E-state index is -1.30. The summed E-state index contributed by atoms with van der Waals surface area (Å²) in [5.74, 6) is -1.35. The van der Waals surface area contributed by atoms with E-state index < -0.39 is 35.6 Å². The molecule has 0 aliphatic carbocycles. The Labute approximate surface area is 189 Å². The molecule has 1 aliphatic heterocycles. The van der Waals surface area contributed by atoms with E-state index >= 15 is 0 Å². The number of urea groups is 1. The summed E-state index contributed by atoms with van der Waals surface area (Å²) in [6, 6.07) is 13.9. The molecule has 0 saturated carbocycles. The van der Waals surface area contributed by atoms with Gasteiger partial charge < -0.3 is 9.88 Å². The molecule has 1 aliphatic rings. The van der Waals surface area contributed by atoms with E-state index in [1.165, 1.54) is 6.07 Å². The van der Waals surface area contributed by atoms with Gasteiger partial charge >= 0.3 is 6.03 Å². The molecule has 2 heterocycles. The number of amides is 3. The molecule has 1 saturated heterocycles. The summed E-state index contributed by atoms with van der Waals surface area (Å²) in [5.41, 5.74) is 1.11. The van der Waals surface area contributed by atoms with Gasteiger partial charge in [-0.2, -0.15) is 0 Å². The Kier molecular flexibility index (Phi) is 5.38. The minimum absolute atomic E-state index is 0.325. The maximum absolute atomic E-state index is 14.3. The third-order valence-electron chi connectivity index (χ3n) is 5.82. The van der Waals surface area contributed by atoms with Gasteiger partial charge in [0.15, 0.2) is 5.78 Å². The molecule has 2 aromatic carbocycles. The Hall–Kier alpha value is -3.45. The van der Waals surface area contributed by atoms with E-state index in [1.807, 2.05) is 0 Å². The molecular formula is C24H21ClFN3O3. The van der Waals surface area contributed by atoms with E-state index in [2.05, 4.69) is 5.32 Å². The van der Waals surface area contributed by atoms with Crippen molar-refractivity contribution < 1.29 is 18.8 Å². The fourth-order valence-electron chi connectivity index (χ4n) is 4.10. The van der Waals surface area contributed by atoms with Crippen molar-refractivity contribution in [2.24, 2.45) is 0 Å². The van der Waals surface area contributed by atoms with Crippen molar-refractivity contribution in [2.75, 3.05) is 6.54 Å². The number of ketones is 1. The van der Waals surface area contributed by atoms with Crippen molar-refractivity contribution in [1.82, 2.24) is 14.8 Å². The van der Waals surface area contributed by atoms with Crippen LogP contribution in [0.3, 0.4) is 0 Å². The van der Waals surface area contributed by atoms with E-state index in [-0.39, 0.29) is 0 Å². The van der Waals surface area contributed by atoms with Crippen LogP contribution in [0, 0.1) is 19.7 Å². The smallest absolute Gasteiger partial charge is 0.319 e. The molecule has 3 aromatic rings. The molecule has 6 nitrogen and oxygen atoms in total. The lowest BCUT2D eigenvalue weighted by atomic mass is 9.92. The van der Waals surface area contributed by atoms with Gasteiger partial charge in [0.2, 0.25) is 0 Å². The zero-order valence-corrected chi connectivity index (χ0v) is 18.5. The molecule has 164 valence electrons. The number of rotatable bonds is 5. The molecule has 0 bridgehead atoms. The fourth-order valence-corrected chi connectivity index (χ4v) is 4.22. The summed E-state index contributed by atoms with van der Waals surface area (Å²) in [7, 11) is 0. The predicted molar refractivity (Wildman–Crippen MR) is 119 cm³/mol. The lowest BCUT2D eigenvalue weighted by Crippen LogP contribution is -2.41. The Morgan fingerprint density at radius 2 is 1.75 bits per heavy atom. The fraction of sp³-hybridized carbons (Fsp3) is 0.208. The average Bonchev–Trinajstić information content (AvgIpc) is 3.16. The van der Waals surface area contributed by atoms with Crippen LogP contribution in [0.1, 0.15) is 34.2 Å². The van der Waals surface area contributed by atoms with Gasteiger partial charge in [-0.3, -0.25) is 14.5 Å². The summed E-state index contributed by atoms with van der Waals surface area (Å²) < 4.78 is 16.0. The van der Waals surface area contributed by atoms with Crippen LogP contribution < -0.4 is 5.32 Å². The number of hydrogen-bond acceptors (Lipinski definition) is 3. The quantitative estimate of drug-likeness (QED) is 0.455. The van der Waals surface area contributed by atoms with E-state index in [0.29, 0.717) is 33.2 Å². The van der Waals surface area contributed by atoms with Gasteiger partial charge in [0.1, 0.15) is 11.4 Å². The number of imide groups is 1. The summed E-state index contributed by atoms with van der Waals surface area (Å²) in [6.07, 6.45) is 0. The number of para-hydroxylation sites is 1. The van der Waals surface area contributed by atoms with Crippen LogP contribution in [-0.2, 0) is 10.3 Å². The van der Waals surface area contributed by atoms with Crippen LogP contribution >= 0.6 is 11.6 Å². The predicted octanol–water partition coefficient (Wildman–Crippen LogP) is 4.54. The molecule has 8 heteroatoms. The number of benzene rings is 2. The summed E-state index contributed by atoms with van der Waals surface area (Å²) in [4.78, 5) is 39.7. The molecular weight excluding hydrogens is 433 g/mol. The first-order valence-corrected chi connectivity index (χ1v) is 10.4. The molecule has 3 amide bonds. The number of hydrogen-bond donors (Lipinski definition) is 1. The maximum Gasteiger partial charge on any atom is 0.325 e. The van der Waals surface area contributed by atoms with Crippen LogP contribution in [-0.4, -0.2) is 33.7 Å². The van der Waals surface area contributed by atoms with Gasteiger partial charge in [-0.1, -0.05) is 35.9 Å². The van der Waals surface area contributed by atoms with Gasteiger partial charge in [0.25, 0.3) is 5.91 Å². The molecule has 32 heavy (non-hydrogen) atoms. The minimum Gasteiger partial charge on any atom is -0.319 e. The lowest BCUT2D eigenvalue weighted by molar-refractivity contribution is -0.130. The van der Waals surface area contributed by atoms with Crippen LogP contribution in [0.25, 0.3) is 5.69 Å². The standard InChI is InChI=1S/C24H21ClFN3O3/c1-14-12-18(15(2)29(14)20-7-5-4-6-19(20)26)21(30)13-28-22(31)24(3,27-23(28)32)16-8-10-17(25)11-9-16/h4-12H,13H2,1-3H3,(H,27,32). The van der Waals surface area contributed by atoms with Crippen molar-refractivity contribution in [3.8, 4) is 5.69 Å². The molecule has 1 N–H and O–H groups in total. The highest BCUT2D eigenvalue weighted by Gasteiger charge is 2.49. The van der Waals surface area contributed by atoms with E-state index in [0.717, 1.165) is 4.90 Å². The summed E-state index contributed by atoms with van der Waals surface area (Å²) in [6.45, 7) is 4.64. The maximum atomic E-state index is 14.3. The first-order valence-electron chi connectivity index (χ1n) is 10.0. The number of Topliss-reactive ketones (excluding diaryl/α,β-unsaturated/α-hetero) is 1. The average molecular weight is 454 g/mol. The van der Waals surface area contributed by atoms with E-state index in [1.54, 1.807) is 73.9 Å². The molecule has 1 fully saturated rings. The van der Waals surface area contributed by atoms with Gasteiger partial charge in [0, 0.05) is 22.0 Å². The first-order chi connectivity index (χ1) is 15.1. The number of nitrogens with one attached hydrogen (secondary N) is 1. The number of carbonyl (C=O) groups excluding carboxylic acids is 3. The highest BCUT2D eigenvalue weighted by atomic mass is 35.5. The second-order valence-corrected chi connectivity index (χ2v) is 8.38. The molecule has 4 rings (SSSR count). The Morgan fingerprint density at radius 1 is 1.09 bits per heavy atom. The number of aryl methyl sites for hydroxylation is 1. The Balaban J connectivity index is 1.62. The molecule has 1 unspecified atom stereocenters. The van der Waals surface area contributed by atoms with Crippen molar-refractivity contribution in [3.63, 3.8) is 0 Å². The Morgan fingerprint density at radius 3 is 2.41 bits per heavy atom. The van der Waals surface area contributed by atoms with Crippen LogP contribution in [0.15, 0.2) is 54.6 Å². The van der Waals surface area contributed by atoms with Crippen molar-refractivity contribution in [2.45, 2.75) is 26.3 Å². The van der Waals surface area contributed by atoms with Crippen molar-refractivity contribution in [1.29, 1.82) is 0 Å². The third kappa shape index (κ3) is 3.48. The highest BCUT2D eigenvalue weighted by Crippen LogP contribution is 2.30. The van der Waals surface area contributed by atoms with Gasteiger partial charge in [0.05, 0.1) is 12.2 Å². The van der Waals surface area contributed by atoms with Crippen molar-refractivity contribution >= 4 is 29.3 Å². The van der Waals surface area contributed by atoms with E-state index in [9.17, 15) is 18.8 Å². The van der Waals surface area contributed by atoms with Gasteiger partial charge in [-0.25, -0.2) is 9.18 Å². The number of aromatic nitrogens is 1. The summed E-state index contributed by atoms with van der Waals surface area (Å²) in [5, 5.41) is 3.18. The van der Waals surface area contributed by atoms with Crippen LogP contribution in [0.2, 0.25) is 5.02 Å². The second kappa shape index (κ2) is 7.91. The zero-order valence-electron chi connectivity index (χ0n) is 17.8. The first kappa shape index (κ1) is 21.8. The molecule has 1 atom stereocenters. The van der Waals surface area contributed by atoms with E-state index in [4.69, 9.17) is 11.6 Å². The molecule has 1 aromatic heterocycles. The number of carbonyl (C=O) groups is 3. The van der Waals surface area contributed by atoms with Gasteiger partial charge in [-0.15, -0.1) is 0 Å². The van der Waals surface area contributed by atoms with Crippen LogP contribution in [0.5, 0.6) is 0 Å². The second-order valence-electron chi connectivity index (χ2n) is 7.95. The molecule has 0 radical (unpaired) electrons. The topological polar surface area (TPSA) is 71.4 Å². The highest BCUT2D eigenvalue weighted by molar-refractivity contribution is 6.30. The zero-order chi connectivity index (χ0) is 23.2. The summed E-state index contributed by atoms with van der Waals surface area (Å²) >= 11 is 5.92. The third-order valence-corrected chi connectivity index (χ3v) is 6.08. The molecule has 0 spiro atoms. The van der Waals surface area contributed by atoms with Crippen LogP contribution in [0.4, 0.5) is 9.18 Å². The lowest BCUT2D eigenvalue weighted by Gasteiger charge is -2.22.